The first-order chi connectivity index (χ1) is 10.6. The lowest BCUT2D eigenvalue weighted by Crippen LogP contribution is -2.49. The second kappa shape index (κ2) is 7.99. The van der Waals surface area contributed by atoms with Gasteiger partial charge in [0.1, 0.15) is 6.04 Å². The van der Waals surface area contributed by atoms with Crippen molar-refractivity contribution in [1.82, 2.24) is 10.6 Å². The van der Waals surface area contributed by atoms with Gasteiger partial charge in [0.15, 0.2) is 0 Å². The van der Waals surface area contributed by atoms with Crippen molar-refractivity contribution in [1.29, 1.82) is 0 Å². The Hall–Kier alpha value is -2.05. The van der Waals surface area contributed by atoms with E-state index in [9.17, 15) is 22.8 Å². The third-order valence-corrected chi connectivity index (χ3v) is 3.30. The van der Waals surface area contributed by atoms with Gasteiger partial charge in [-0.15, -0.1) is 0 Å². The molecule has 2 N–H and O–H groups in total. The fourth-order valence-electron chi connectivity index (χ4n) is 2.05. The molecule has 0 unspecified atom stereocenters. The predicted octanol–water partition coefficient (Wildman–Crippen LogP) is 2.52. The minimum absolute atomic E-state index is 0.0648. The molecule has 0 aliphatic rings. The summed E-state index contributed by atoms with van der Waals surface area (Å²) in [6.07, 6.45) is -3.94. The van der Waals surface area contributed by atoms with E-state index < -0.39 is 17.8 Å². The van der Waals surface area contributed by atoms with Crippen LogP contribution in [0.3, 0.4) is 0 Å². The lowest BCUT2D eigenvalue weighted by molar-refractivity contribution is -0.137. The molecule has 0 saturated carbocycles. The summed E-state index contributed by atoms with van der Waals surface area (Å²) in [5.41, 5.74) is -0.00487. The van der Waals surface area contributed by atoms with Crippen molar-refractivity contribution in [3.8, 4) is 0 Å². The van der Waals surface area contributed by atoms with Crippen LogP contribution in [0.4, 0.5) is 13.2 Å². The quantitative estimate of drug-likeness (QED) is 0.842. The van der Waals surface area contributed by atoms with Crippen molar-refractivity contribution < 1.29 is 22.8 Å². The van der Waals surface area contributed by atoms with Crippen LogP contribution in [0.15, 0.2) is 24.3 Å². The van der Waals surface area contributed by atoms with Crippen molar-refractivity contribution in [2.45, 2.75) is 39.4 Å². The Balaban J connectivity index is 2.52. The molecule has 4 nitrogen and oxygen atoms in total. The maximum absolute atomic E-state index is 12.5. The van der Waals surface area contributed by atoms with Gasteiger partial charge in [0.2, 0.25) is 11.8 Å². The molecular formula is C16H21F3N2O2. The predicted molar refractivity (Wildman–Crippen MR) is 80.6 cm³/mol. The summed E-state index contributed by atoms with van der Waals surface area (Å²) in [5, 5.41) is 5.26. The van der Waals surface area contributed by atoms with Gasteiger partial charge in [-0.3, -0.25) is 9.59 Å². The van der Waals surface area contributed by atoms with Crippen molar-refractivity contribution >= 4 is 11.8 Å². The molecule has 1 aromatic carbocycles. The maximum atomic E-state index is 12.5. The van der Waals surface area contributed by atoms with Crippen LogP contribution in [0.2, 0.25) is 0 Å². The molecule has 1 rings (SSSR count). The minimum atomic E-state index is -4.35. The number of carbonyl (C=O) groups is 2. The molecule has 23 heavy (non-hydrogen) atoms. The van der Waals surface area contributed by atoms with E-state index in [4.69, 9.17) is 0 Å². The topological polar surface area (TPSA) is 58.2 Å². The van der Waals surface area contributed by atoms with Crippen molar-refractivity contribution in [3.63, 3.8) is 0 Å². The van der Waals surface area contributed by atoms with Gasteiger partial charge in [0.05, 0.1) is 5.56 Å². The molecule has 0 bridgehead atoms. The minimum Gasteiger partial charge on any atom is -0.354 e. The highest BCUT2D eigenvalue weighted by atomic mass is 19.4. The van der Waals surface area contributed by atoms with Crippen molar-refractivity contribution in [2.75, 3.05) is 6.54 Å². The number of rotatable bonds is 6. The average molecular weight is 330 g/mol. The lowest BCUT2D eigenvalue weighted by atomic mass is 10.0. The molecule has 1 aromatic rings. The number of halogens is 3. The Morgan fingerprint density at radius 3 is 2.13 bits per heavy atom. The van der Waals surface area contributed by atoms with Gasteiger partial charge < -0.3 is 10.6 Å². The van der Waals surface area contributed by atoms with E-state index in [1.54, 1.807) is 0 Å². The Labute approximate surface area is 133 Å². The fraction of sp³-hybridized carbons (Fsp3) is 0.500. The van der Waals surface area contributed by atoms with E-state index >= 15 is 0 Å². The van der Waals surface area contributed by atoms with Crippen LogP contribution >= 0.6 is 0 Å². The molecule has 0 aliphatic heterocycles. The van der Waals surface area contributed by atoms with Gasteiger partial charge in [-0.25, -0.2) is 0 Å². The van der Waals surface area contributed by atoms with Crippen LogP contribution in [0.5, 0.6) is 0 Å². The Bertz CT molecular complexity index is 539. The molecule has 0 fully saturated rings. The average Bonchev–Trinajstić information content (AvgIpc) is 2.43. The van der Waals surface area contributed by atoms with E-state index in [0.717, 1.165) is 12.1 Å². The SMILES string of the molecule is CC(=O)N[C@@H](C(=O)NCCc1ccc(C(F)(F)F)cc1)C(C)C. The largest absolute Gasteiger partial charge is 0.416 e. The van der Waals surface area contributed by atoms with Crippen LogP contribution in [0.25, 0.3) is 0 Å². The Morgan fingerprint density at radius 1 is 1.13 bits per heavy atom. The molecule has 0 spiro atoms. The summed E-state index contributed by atoms with van der Waals surface area (Å²) in [7, 11) is 0. The number of nitrogens with one attached hydrogen (secondary N) is 2. The molecule has 0 aromatic heterocycles. The Kier molecular flexibility index (Phi) is 6.60. The third kappa shape index (κ3) is 6.30. The summed E-state index contributed by atoms with van der Waals surface area (Å²) >= 11 is 0. The van der Waals surface area contributed by atoms with Gasteiger partial charge in [-0.2, -0.15) is 13.2 Å². The highest BCUT2D eigenvalue weighted by Crippen LogP contribution is 2.29. The van der Waals surface area contributed by atoms with Crippen molar-refractivity contribution in [2.24, 2.45) is 5.92 Å². The smallest absolute Gasteiger partial charge is 0.354 e. The first-order valence-electron chi connectivity index (χ1n) is 7.32. The van der Waals surface area contributed by atoms with Gasteiger partial charge >= 0.3 is 6.18 Å². The van der Waals surface area contributed by atoms with E-state index in [1.807, 2.05) is 13.8 Å². The highest BCUT2D eigenvalue weighted by Gasteiger charge is 2.29. The number of alkyl halides is 3. The maximum Gasteiger partial charge on any atom is 0.416 e. The summed E-state index contributed by atoms with van der Waals surface area (Å²) in [6, 6.07) is 4.20. The molecule has 0 aliphatic carbocycles. The van der Waals surface area contributed by atoms with E-state index in [1.165, 1.54) is 19.1 Å². The normalized spacial score (nSPS) is 12.8. The number of hydrogen-bond donors (Lipinski definition) is 2. The monoisotopic (exact) mass is 330 g/mol. The van der Waals surface area contributed by atoms with Crippen molar-refractivity contribution in [3.05, 3.63) is 35.4 Å². The van der Waals surface area contributed by atoms with E-state index in [-0.39, 0.29) is 24.3 Å². The molecular weight excluding hydrogens is 309 g/mol. The second-order valence-electron chi connectivity index (χ2n) is 5.66. The fourth-order valence-corrected chi connectivity index (χ4v) is 2.05. The molecule has 0 heterocycles. The summed E-state index contributed by atoms with van der Waals surface area (Å²) in [6.45, 7) is 5.25. The summed E-state index contributed by atoms with van der Waals surface area (Å²) < 4.78 is 37.4. The van der Waals surface area contributed by atoms with Gasteiger partial charge in [-0.1, -0.05) is 26.0 Å². The zero-order valence-electron chi connectivity index (χ0n) is 13.3. The number of hydrogen-bond acceptors (Lipinski definition) is 2. The molecule has 0 saturated heterocycles. The van der Waals surface area contributed by atoms with Crippen LogP contribution in [-0.4, -0.2) is 24.4 Å². The van der Waals surface area contributed by atoms with Gasteiger partial charge in [0, 0.05) is 13.5 Å². The molecule has 1 atom stereocenters. The third-order valence-electron chi connectivity index (χ3n) is 3.30. The number of carbonyl (C=O) groups excluding carboxylic acids is 2. The first-order valence-corrected chi connectivity index (χ1v) is 7.32. The van der Waals surface area contributed by atoms with Crippen LogP contribution < -0.4 is 10.6 Å². The standard InChI is InChI=1S/C16H21F3N2O2/c1-10(2)14(21-11(3)22)15(23)20-9-8-12-4-6-13(7-5-12)16(17,18)19/h4-7,10,14H,8-9H2,1-3H3,(H,20,23)(H,21,22)/t14-/m1/s1. The molecule has 2 amide bonds. The van der Waals surface area contributed by atoms with E-state index in [2.05, 4.69) is 10.6 Å². The van der Waals surface area contributed by atoms with Crippen LogP contribution in [0, 0.1) is 5.92 Å². The summed E-state index contributed by atoms with van der Waals surface area (Å²) in [4.78, 5) is 23.1. The molecule has 128 valence electrons. The molecule has 0 radical (unpaired) electrons. The first kappa shape index (κ1) is 19.0. The highest BCUT2D eigenvalue weighted by molar-refractivity contribution is 5.87. The van der Waals surface area contributed by atoms with E-state index in [0.29, 0.717) is 12.0 Å². The number of benzene rings is 1. The van der Waals surface area contributed by atoms with Gasteiger partial charge in [-0.05, 0) is 30.0 Å². The zero-order chi connectivity index (χ0) is 17.6. The van der Waals surface area contributed by atoms with Gasteiger partial charge in [0.25, 0.3) is 0 Å². The van der Waals surface area contributed by atoms with Crippen LogP contribution in [-0.2, 0) is 22.2 Å². The second-order valence-corrected chi connectivity index (χ2v) is 5.66. The number of amides is 2. The lowest BCUT2D eigenvalue weighted by Gasteiger charge is -2.20. The van der Waals surface area contributed by atoms with Crippen LogP contribution in [0.1, 0.15) is 31.9 Å². The summed E-state index contributed by atoms with van der Waals surface area (Å²) in [5.74, 6) is -0.659. The molecule has 7 heteroatoms. The zero-order valence-corrected chi connectivity index (χ0v) is 13.3. The Morgan fingerprint density at radius 2 is 1.70 bits per heavy atom.